The van der Waals surface area contributed by atoms with Crippen LogP contribution in [0.5, 0.6) is 0 Å². The lowest BCUT2D eigenvalue weighted by Crippen LogP contribution is -2.16. The molecule has 42 heavy (non-hydrogen) atoms. The summed E-state index contributed by atoms with van der Waals surface area (Å²) in [6, 6.07) is 0. The van der Waals surface area contributed by atoms with Crippen molar-refractivity contribution in [3.8, 4) is 0 Å². The highest BCUT2D eigenvalue weighted by molar-refractivity contribution is 5.85. The van der Waals surface area contributed by atoms with Crippen molar-refractivity contribution in [1.29, 1.82) is 0 Å². The summed E-state index contributed by atoms with van der Waals surface area (Å²) in [6.45, 7) is 13.8. The van der Waals surface area contributed by atoms with E-state index in [9.17, 15) is 4.79 Å². The number of carboxylic acids is 1. The third-order valence-electron chi connectivity index (χ3n) is 10.7. The first-order valence-corrected chi connectivity index (χ1v) is 18.8. The van der Waals surface area contributed by atoms with Crippen molar-refractivity contribution >= 4 is 5.97 Å². The first-order valence-electron chi connectivity index (χ1n) is 18.8. The molecule has 0 saturated heterocycles. The highest BCUT2D eigenvalue weighted by Crippen LogP contribution is 2.37. The van der Waals surface area contributed by atoms with Gasteiger partial charge in [0.2, 0.25) is 0 Å². The van der Waals surface area contributed by atoms with Gasteiger partial charge >= 0.3 is 5.97 Å². The zero-order valence-electron chi connectivity index (χ0n) is 29.7. The minimum absolute atomic E-state index is 0.314. The van der Waals surface area contributed by atoms with Gasteiger partial charge in [0, 0.05) is 5.57 Å². The van der Waals surface area contributed by atoms with E-state index in [0.717, 1.165) is 6.42 Å². The first kappa shape index (κ1) is 39.2. The molecule has 0 spiro atoms. The van der Waals surface area contributed by atoms with Gasteiger partial charge in [-0.25, -0.2) is 4.79 Å². The Hall–Kier alpha value is -0.790. The van der Waals surface area contributed by atoms with E-state index < -0.39 is 5.97 Å². The van der Waals surface area contributed by atoms with E-state index in [0.29, 0.717) is 21.8 Å². The van der Waals surface area contributed by atoms with Gasteiger partial charge in [0.15, 0.2) is 0 Å². The zero-order valence-corrected chi connectivity index (χ0v) is 29.7. The molecule has 3 fully saturated rings. The summed E-state index contributed by atoms with van der Waals surface area (Å²) in [7, 11) is 0. The molecule has 2 heteroatoms. The summed E-state index contributed by atoms with van der Waals surface area (Å²) < 4.78 is 0. The SMILES string of the molecule is CC(=CCC1(C)CCCCCCCCC1)C(=O)O.CC1(C)CCCCCCCCC1.CC1(C)CCCCCCCCC1. The van der Waals surface area contributed by atoms with Gasteiger partial charge < -0.3 is 5.11 Å². The fourth-order valence-corrected chi connectivity index (χ4v) is 7.24. The topological polar surface area (TPSA) is 37.3 Å². The number of aliphatic carboxylic acids is 1. The van der Waals surface area contributed by atoms with E-state index in [2.05, 4.69) is 34.6 Å². The second-order valence-electron chi connectivity index (χ2n) is 16.5. The Bertz CT molecular complexity index is 636. The molecule has 3 saturated carbocycles. The van der Waals surface area contributed by atoms with Crippen LogP contribution in [0.25, 0.3) is 0 Å². The maximum absolute atomic E-state index is 10.8. The normalized spacial score (nSPS) is 24.8. The van der Waals surface area contributed by atoms with Gasteiger partial charge in [-0.1, -0.05) is 176 Å². The lowest BCUT2D eigenvalue weighted by Gasteiger charge is -2.29. The van der Waals surface area contributed by atoms with Gasteiger partial charge in [-0.15, -0.1) is 0 Å². The molecule has 0 bridgehead atoms. The quantitative estimate of drug-likeness (QED) is 0.333. The molecule has 3 aliphatic rings. The van der Waals surface area contributed by atoms with Crippen molar-refractivity contribution in [3.05, 3.63) is 11.6 Å². The lowest BCUT2D eigenvalue weighted by molar-refractivity contribution is -0.132. The minimum atomic E-state index is -0.779. The van der Waals surface area contributed by atoms with Gasteiger partial charge in [-0.3, -0.25) is 0 Å². The maximum Gasteiger partial charge on any atom is 0.330 e. The molecule has 0 amide bonds. The average molecular weight is 589 g/mol. The Morgan fingerprint density at radius 1 is 0.476 bits per heavy atom. The van der Waals surface area contributed by atoms with Crippen LogP contribution in [0.1, 0.15) is 221 Å². The molecule has 0 atom stereocenters. The zero-order chi connectivity index (χ0) is 31.2. The average Bonchev–Trinajstić information content (AvgIpc) is 2.94. The summed E-state index contributed by atoms with van der Waals surface area (Å²) in [6.07, 6.45) is 41.3. The summed E-state index contributed by atoms with van der Waals surface area (Å²) >= 11 is 0. The molecule has 3 rings (SSSR count). The Balaban J connectivity index is 0.000000325. The van der Waals surface area contributed by atoms with Crippen LogP contribution in [-0.2, 0) is 4.79 Å². The lowest BCUT2D eigenvalue weighted by atomic mass is 9.76. The van der Waals surface area contributed by atoms with Crippen molar-refractivity contribution in [2.75, 3.05) is 0 Å². The van der Waals surface area contributed by atoms with Gasteiger partial charge in [0.1, 0.15) is 0 Å². The second-order valence-corrected chi connectivity index (χ2v) is 16.5. The van der Waals surface area contributed by atoms with Crippen molar-refractivity contribution in [3.63, 3.8) is 0 Å². The van der Waals surface area contributed by atoms with Gasteiger partial charge in [0.25, 0.3) is 0 Å². The molecule has 248 valence electrons. The highest BCUT2D eigenvalue weighted by atomic mass is 16.4. The minimum Gasteiger partial charge on any atom is -0.478 e. The smallest absolute Gasteiger partial charge is 0.330 e. The molecule has 0 radical (unpaired) electrons. The molecule has 0 aliphatic heterocycles. The van der Waals surface area contributed by atoms with Crippen LogP contribution in [0.4, 0.5) is 0 Å². The largest absolute Gasteiger partial charge is 0.478 e. The van der Waals surface area contributed by atoms with Crippen molar-refractivity contribution < 1.29 is 9.90 Å². The molecular formula is C40H76O2. The van der Waals surface area contributed by atoms with E-state index in [4.69, 9.17) is 5.11 Å². The van der Waals surface area contributed by atoms with Gasteiger partial charge in [0.05, 0.1) is 0 Å². The van der Waals surface area contributed by atoms with E-state index >= 15 is 0 Å². The summed E-state index contributed by atoms with van der Waals surface area (Å²) in [5.41, 5.74) is 2.08. The summed E-state index contributed by atoms with van der Waals surface area (Å²) in [5.74, 6) is -0.779. The van der Waals surface area contributed by atoms with Gasteiger partial charge in [-0.05, 0) is 68.1 Å². The molecule has 0 unspecified atom stereocenters. The van der Waals surface area contributed by atoms with Crippen molar-refractivity contribution in [2.24, 2.45) is 16.2 Å². The Kier molecular flexibility index (Phi) is 21.2. The predicted octanol–water partition coefficient (Wildman–Crippen LogP) is 14.0. The first-order chi connectivity index (χ1) is 19.9. The summed E-state index contributed by atoms with van der Waals surface area (Å²) in [5, 5.41) is 8.91. The van der Waals surface area contributed by atoms with Crippen molar-refractivity contribution in [1.82, 2.24) is 0 Å². The standard InChI is InChI=1S/C16H28O2.2C12H24/c1-14(15(17)18)10-13-16(2)11-8-6-4-3-5-7-9-12-16;2*1-12(2)10-8-6-4-3-5-7-9-11-12/h10H,3-9,11-13H2,1-2H3,(H,17,18);2*3-11H2,1-2H3. The molecule has 3 aliphatic carbocycles. The van der Waals surface area contributed by atoms with Crippen LogP contribution in [0.15, 0.2) is 11.6 Å². The molecule has 0 aromatic carbocycles. The van der Waals surface area contributed by atoms with Gasteiger partial charge in [-0.2, -0.15) is 0 Å². The fourth-order valence-electron chi connectivity index (χ4n) is 7.24. The number of carboxylic acid groups (broad SMARTS) is 1. The van der Waals surface area contributed by atoms with E-state index in [1.54, 1.807) is 6.92 Å². The van der Waals surface area contributed by atoms with E-state index in [-0.39, 0.29) is 0 Å². The monoisotopic (exact) mass is 589 g/mol. The highest BCUT2D eigenvalue weighted by Gasteiger charge is 2.23. The Labute approximate surface area is 264 Å². The van der Waals surface area contributed by atoms with Crippen LogP contribution >= 0.6 is 0 Å². The number of carbonyl (C=O) groups is 1. The second kappa shape index (κ2) is 22.7. The van der Waals surface area contributed by atoms with E-state index in [1.165, 1.54) is 173 Å². The summed E-state index contributed by atoms with van der Waals surface area (Å²) in [4.78, 5) is 10.8. The third kappa shape index (κ3) is 21.8. The fraction of sp³-hybridized carbons (Fsp3) is 0.925. The molecule has 1 N–H and O–H groups in total. The van der Waals surface area contributed by atoms with Crippen LogP contribution in [0.3, 0.4) is 0 Å². The number of hydrogen-bond acceptors (Lipinski definition) is 1. The number of allylic oxidation sites excluding steroid dienone is 1. The van der Waals surface area contributed by atoms with Crippen LogP contribution < -0.4 is 0 Å². The predicted molar refractivity (Wildman–Crippen MR) is 186 cm³/mol. The van der Waals surface area contributed by atoms with Crippen molar-refractivity contribution in [2.45, 2.75) is 221 Å². The Morgan fingerprint density at radius 3 is 0.976 bits per heavy atom. The molecular weight excluding hydrogens is 512 g/mol. The van der Waals surface area contributed by atoms with Crippen LogP contribution in [0, 0.1) is 16.2 Å². The number of rotatable bonds is 3. The molecule has 0 heterocycles. The number of hydrogen-bond donors (Lipinski definition) is 1. The van der Waals surface area contributed by atoms with E-state index in [1.807, 2.05) is 6.08 Å². The Morgan fingerprint density at radius 2 is 0.714 bits per heavy atom. The molecule has 0 aromatic heterocycles. The van der Waals surface area contributed by atoms with Crippen LogP contribution in [-0.4, -0.2) is 11.1 Å². The molecule has 0 aromatic rings. The maximum atomic E-state index is 10.8. The third-order valence-corrected chi connectivity index (χ3v) is 10.7. The van der Waals surface area contributed by atoms with Crippen LogP contribution in [0.2, 0.25) is 0 Å². The molecule has 2 nitrogen and oxygen atoms in total.